The van der Waals surface area contributed by atoms with Crippen molar-refractivity contribution in [3.8, 4) is 0 Å². The number of rotatable bonds is 7. The summed E-state index contributed by atoms with van der Waals surface area (Å²) in [7, 11) is 0. The molecule has 3 aromatic rings. The number of thiophene rings is 1. The SMILES string of the molecule is O=C(CCc1ccsc1)N[C@]1(c2ccccc2)CCN(Cc2ccccn2)C[C@H]1O. The fraction of sp³-hybridized carbons (Fsp3) is 0.333. The number of hydrogen-bond donors (Lipinski definition) is 2. The summed E-state index contributed by atoms with van der Waals surface area (Å²) in [4.78, 5) is 19.5. The standard InChI is InChI=1S/C24H27N3O2S/c28-22-17-27(16-21-8-4-5-13-25-21)14-12-24(22,20-6-2-1-3-7-20)26-23(29)10-9-19-11-15-30-18-19/h1-8,11,13,15,18,22,28H,9-10,12,14,16-17H2,(H,26,29)/t22-,24+/m1/s1. The lowest BCUT2D eigenvalue weighted by Gasteiger charge is -2.46. The van der Waals surface area contributed by atoms with Crippen LogP contribution in [0.1, 0.15) is 29.7 Å². The van der Waals surface area contributed by atoms with Crippen molar-refractivity contribution >= 4 is 17.2 Å². The number of aliphatic hydroxyl groups excluding tert-OH is 1. The molecule has 0 aliphatic carbocycles. The number of β-amino-alcohol motifs (C(OH)–C–C–N with tert-alkyl or cyclic N) is 1. The number of carbonyl (C=O) groups is 1. The molecule has 156 valence electrons. The van der Waals surface area contributed by atoms with Crippen LogP contribution < -0.4 is 5.32 Å². The topological polar surface area (TPSA) is 65.5 Å². The van der Waals surface area contributed by atoms with Crippen LogP contribution in [-0.2, 0) is 23.3 Å². The van der Waals surface area contributed by atoms with Gasteiger partial charge in [-0.3, -0.25) is 14.7 Å². The number of likely N-dealkylation sites (tertiary alicyclic amines) is 1. The lowest BCUT2D eigenvalue weighted by molar-refractivity contribution is -0.127. The highest BCUT2D eigenvalue weighted by molar-refractivity contribution is 7.07. The molecule has 0 bridgehead atoms. The number of nitrogens with one attached hydrogen (secondary N) is 1. The predicted octanol–water partition coefficient (Wildman–Crippen LogP) is 3.35. The highest BCUT2D eigenvalue weighted by atomic mass is 32.1. The van der Waals surface area contributed by atoms with Gasteiger partial charge in [-0.1, -0.05) is 36.4 Å². The molecule has 30 heavy (non-hydrogen) atoms. The number of piperidine rings is 1. The zero-order valence-electron chi connectivity index (χ0n) is 16.9. The Hall–Kier alpha value is -2.54. The van der Waals surface area contributed by atoms with Crippen molar-refractivity contribution in [2.75, 3.05) is 13.1 Å². The third-order valence-electron chi connectivity index (χ3n) is 5.81. The number of hydrogen-bond acceptors (Lipinski definition) is 5. The van der Waals surface area contributed by atoms with Crippen LogP contribution >= 0.6 is 11.3 Å². The molecule has 2 N–H and O–H groups in total. The van der Waals surface area contributed by atoms with E-state index in [1.54, 1.807) is 17.5 Å². The van der Waals surface area contributed by atoms with Crippen LogP contribution in [0, 0.1) is 0 Å². The minimum absolute atomic E-state index is 0.0257. The monoisotopic (exact) mass is 421 g/mol. The Morgan fingerprint density at radius 3 is 2.73 bits per heavy atom. The Morgan fingerprint density at radius 2 is 2.03 bits per heavy atom. The summed E-state index contributed by atoms with van der Waals surface area (Å²) in [6, 6.07) is 17.8. The van der Waals surface area contributed by atoms with E-state index in [0.29, 0.717) is 32.4 Å². The molecule has 1 aromatic carbocycles. The van der Waals surface area contributed by atoms with E-state index in [0.717, 1.165) is 17.8 Å². The molecule has 1 saturated heterocycles. The van der Waals surface area contributed by atoms with Crippen molar-refractivity contribution in [1.29, 1.82) is 0 Å². The molecular weight excluding hydrogens is 394 g/mol. The van der Waals surface area contributed by atoms with E-state index in [2.05, 4.69) is 26.6 Å². The average Bonchev–Trinajstić information content (AvgIpc) is 3.29. The van der Waals surface area contributed by atoms with Crippen LogP contribution in [0.25, 0.3) is 0 Å². The quantitative estimate of drug-likeness (QED) is 0.614. The van der Waals surface area contributed by atoms with Gasteiger partial charge in [0, 0.05) is 32.3 Å². The molecule has 1 aliphatic rings. The smallest absolute Gasteiger partial charge is 0.221 e. The summed E-state index contributed by atoms with van der Waals surface area (Å²) in [5.74, 6) is -0.0257. The summed E-state index contributed by atoms with van der Waals surface area (Å²) in [5.41, 5.74) is 2.35. The number of amides is 1. The molecule has 3 heterocycles. The number of aryl methyl sites for hydroxylation is 1. The van der Waals surface area contributed by atoms with Crippen molar-refractivity contribution in [2.24, 2.45) is 0 Å². The first-order chi connectivity index (χ1) is 14.7. The van der Waals surface area contributed by atoms with E-state index in [-0.39, 0.29) is 5.91 Å². The molecule has 2 atom stereocenters. The maximum atomic E-state index is 12.9. The minimum Gasteiger partial charge on any atom is -0.389 e. The summed E-state index contributed by atoms with van der Waals surface area (Å²) >= 11 is 1.64. The number of carbonyl (C=O) groups excluding carboxylic acids is 1. The largest absolute Gasteiger partial charge is 0.389 e. The summed E-state index contributed by atoms with van der Waals surface area (Å²) < 4.78 is 0. The van der Waals surface area contributed by atoms with E-state index in [4.69, 9.17) is 0 Å². The van der Waals surface area contributed by atoms with E-state index >= 15 is 0 Å². The Labute approximate surface area is 181 Å². The van der Waals surface area contributed by atoms with Crippen LogP contribution in [0.3, 0.4) is 0 Å². The third kappa shape index (κ3) is 4.78. The number of benzene rings is 1. The first-order valence-electron chi connectivity index (χ1n) is 10.3. The number of aromatic nitrogens is 1. The van der Waals surface area contributed by atoms with Crippen LogP contribution in [0.2, 0.25) is 0 Å². The highest BCUT2D eigenvalue weighted by Gasteiger charge is 2.44. The lowest BCUT2D eigenvalue weighted by Crippen LogP contribution is -2.61. The molecule has 0 unspecified atom stereocenters. The zero-order valence-corrected chi connectivity index (χ0v) is 17.7. The van der Waals surface area contributed by atoms with Gasteiger partial charge in [-0.05, 0) is 52.9 Å². The molecule has 6 heteroatoms. The van der Waals surface area contributed by atoms with Gasteiger partial charge in [-0.2, -0.15) is 11.3 Å². The molecule has 0 saturated carbocycles. The number of pyridine rings is 1. The Morgan fingerprint density at radius 1 is 1.20 bits per heavy atom. The Balaban J connectivity index is 1.48. The van der Waals surface area contributed by atoms with Crippen molar-refractivity contribution < 1.29 is 9.90 Å². The fourth-order valence-electron chi connectivity index (χ4n) is 4.15. The van der Waals surface area contributed by atoms with Crippen LogP contribution in [-0.4, -0.2) is 40.1 Å². The van der Waals surface area contributed by atoms with Gasteiger partial charge in [-0.25, -0.2) is 0 Å². The normalized spacial score (nSPS) is 22.0. The predicted molar refractivity (Wildman–Crippen MR) is 119 cm³/mol. The second-order valence-corrected chi connectivity index (χ2v) is 8.62. The Bertz CT molecular complexity index is 934. The maximum Gasteiger partial charge on any atom is 0.221 e. The van der Waals surface area contributed by atoms with Crippen molar-refractivity contribution in [1.82, 2.24) is 15.2 Å². The van der Waals surface area contributed by atoms with E-state index in [1.807, 2.05) is 53.9 Å². The van der Waals surface area contributed by atoms with Gasteiger partial charge in [0.25, 0.3) is 0 Å². The molecule has 1 aliphatic heterocycles. The van der Waals surface area contributed by atoms with Gasteiger partial charge in [-0.15, -0.1) is 0 Å². The Kier molecular flexibility index (Phi) is 6.57. The maximum absolute atomic E-state index is 12.9. The fourth-order valence-corrected chi connectivity index (χ4v) is 4.85. The van der Waals surface area contributed by atoms with E-state index in [9.17, 15) is 9.90 Å². The van der Waals surface area contributed by atoms with Gasteiger partial charge in [0.05, 0.1) is 17.3 Å². The van der Waals surface area contributed by atoms with Gasteiger partial charge >= 0.3 is 0 Å². The van der Waals surface area contributed by atoms with Gasteiger partial charge < -0.3 is 10.4 Å². The van der Waals surface area contributed by atoms with Crippen LogP contribution in [0.5, 0.6) is 0 Å². The number of aliphatic hydroxyl groups is 1. The van der Waals surface area contributed by atoms with E-state index in [1.165, 1.54) is 5.56 Å². The molecular formula is C24H27N3O2S. The van der Waals surface area contributed by atoms with Gasteiger partial charge in [0.15, 0.2) is 0 Å². The van der Waals surface area contributed by atoms with Crippen molar-refractivity contribution in [3.05, 3.63) is 88.4 Å². The molecule has 0 radical (unpaired) electrons. The van der Waals surface area contributed by atoms with Crippen LogP contribution in [0.15, 0.2) is 71.6 Å². The average molecular weight is 422 g/mol. The van der Waals surface area contributed by atoms with Gasteiger partial charge in [0.2, 0.25) is 5.91 Å². The summed E-state index contributed by atoms with van der Waals surface area (Å²) in [5, 5.41) is 18.6. The highest BCUT2D eigenvalue weighted by Crippen LogP contribution is 2.34. The summed E-state index contributed by atoms with van der Waals surface area (Å²) in [6.45, 7) is 1.94. The first kappa shape index (κ1) is 20.7. The van der Waals surface area contributed by atoms with Gasteiger partial charge in [0.1, 0.15) is 0 Å². The van der Waals surface area contributed by atoms with E-state index < -0.39 is 11.6 Å². The van der Waals surface area contributed by atoms with Crippen molar-refractivity contribution in [2.45, 2.75) is 37.5 Å². The molecule has 1 fully saturated rings. The second-order valence-electron chi connectivity index (χ2n) is 7.84. The minimum atomic E-state index is -0.770. The zero-order chi connectivity index (χ0) is 20.8. The first-order valence-corrected chi connectivity index (χ1v) is 11.3. The molecule has 1 amide bonds. The molecule has 5 nitrogen and oxygen atoms in total. The number of nitrogens with zero attached hydrogens (tertiary/aromatic N) is 2. The second kappa shape index (κ2) is 9.51. The lowest BCUT2D eigenvalue weighted by atomic mass is 9.78. The third-order valence-corrected chi connectivity index (χ3v) is 6.54. The summed E-state index contributed by atoms with van der Waals surface area (Å²) in [6.07, 6.45) is 2.85. The molecule has 0 spiro atoms. The van der Waals surface area contributed by atoms with Crippen LogP contribution in [0.4, 0.5) is 0 Å². The molecule has 2 aromatic heterocycles. The molecule has 4 rings (SSSR count). The van der Waals surface area contributed by atoms with Crippen molar-refractivity contribution in [3.63, 3.8) is 0 Å².